The maximum Gasteiger partial charge on any atom is 0.226 e. The van der Waals surface area contributed by atoms with Crippen LogP contribution in [0.15, 0.2) is 67.9 Å². The van der Waals surface area contributed by atoms with E-state index in [1.807, 2.05) is 28.2 Å². The molecular weight excluding hydrogens is 370 g/mol. The Kier molecular flexibility index (Phi) is 8.72. The molecule has 1 fully saturated rings. The van der Waals surface area contributed by atoms with Crippen molar-refractivity contribution < 1.29 is 4.79 Å². The molecule has 0 unspecified atom stereocenters. The SMILES string of the molecule is C=C(c1ccc(N(C)C)cc1)c1ccc(N(C)C)cc1.C=CN1CCCCCC1=O. The summed E-state index contributed by atoms with van der Waals surface area (Å²) in [6, 6.07) is 17.0. The van der Waals surface area contributed by atoms with E-state index < -0.39 is 0 Å². The molecule has 0 saturated carbocycles. The van der Waals surface area contributed by atoms with E-state index in [9.17, 15) is 4.79 Å². The molecule has 0 aromatic heterocycles. The maximum atomic E-state index is 11.1. The van der Waals surface area contributed by atoms with Crippen molar-refractivity contribution in [1.29, 1.82) is 0 Å². The van der Waals surface area contributed by atoms with Gasteiger partial charge in [0.15, 0.2) is 0 Å². The Bertz CT molecular complexity index is 782. The summed E-state index contributed by atoms with van der Waals surface area (Å²) in [6.45, 7) is 8.66. The van der Waals surface area contributed by atoms with Crippen LogP contribution in [0.4, 0.5) is 11.4 Å². The first-order chi connectivity index (χ1) is 14.3. The molecule has 2 aromatic carbocycles. The van der Waals surface area contributed by atoms with Crippen molar-refractivity contribution in [2.45, 2.75) is 25.7 Å². The molecule has 30 heavy (non-hydrogen) atoms. The number of anilines is 2. The normalized spacial score (nSPS) is 13.6. The van der Waals surface area contributed by atoms with Gasteiger partial charge in [0.25, 0.3) is 0 Å². The zero-order valence-corrected chi connectivity index (χ0v) is 18.9. The number of benzene rings is 2. The summed E-state index contributed by atoms with van der Waals surface area (Å²) in [5, 5.41) is 0. The summed E-state index contributed by atoms with van der Waals surface area (Å²) >= 11 is 0. The highest BCUT2D eigenvalue weighted by molar-refractivity contribution is 5.79. The monoisotopic (exact) mass is 405 g/mol. The largest absolute Gasteiger partial charge is 0.378 e. The Balaban J connectivity index is 0.000000269. The van der Waals surface area contributed by atoms with Gasteiger partial charge < -0.3 is 14.7 Å². The fourth-order valence-electron chi connectivity index (χ4n) is 3.28. The van der Waals surface area contributed by atoms with Crippen LogP contribution in [0.3, 0.4) is 0 Å². The second kappa shape index (κ2) is 11.2. The predicted octanol–water partition coefficient (Wildman–Crippen LogP) is 5.41. The molecular formula is C26H35N3O. The van der Waals surface area contributed by atoms with Crippen LogP contribution >= 0.6 is 0 Å². The van der Waals surface area contributed by atoms with E-state index in [4.69, 9.17) is 0 Å². The molecule has 160 valence electrons. The first-order valence-corrected chi connectivity index (χ1v) is 10.5. The van der Waals surface area contributed by atoms with Gasteiger partial charge in [0.2, 0.25) is 5.91 Å². The first kappa shape index (κ1) is 23.3. The number of hydrogen-bond acceptors (Lipinski definition) is 3. The van der Waals surface area contributed by atoms with Crippen molar-refractivity contribution in [3.8, 4) is 0 Å². The van der Waals surface area contributed by atoms with E-state index in [-0.39, 0.29) is 5.91 Å². The molecule has 0 bridgehead atoms. The van der Waals surface area contributed by atoms with E-state index >= 15 is 0 Å². The predicted molar refractivity (Wildman–Crippen MR) is 130 cm³/mol. The summed E-state index contributed by atoms with van der Waals surface area (Å²) < 4.78 is 0. The molecule has 3 rings (SSSR count). The standard InChI is InChI=1S/C18H22N2.C8H13NO/c1-14(15-6-10-17(11-7-15)19(2)3)16-8-12-18(13-9-16)20(4)5;1-2-9-7-5-3-4-6-8(9)10/h6-13H,1H2,2-5H3;2H,1,3-7H2. The maximum absolute atomic E-state index is 11.1. The molecule has 1 saturated heterocycles. The minimum atomic E-state index is 0.229. The number of nitrogens with zero attached hydrogens (tertiary/aromatic N) is 3. The third-order valence-electron chi connectivity index (χ3n) is 5.29. The average molecular weight is 406 g/mol. The molecule has 0 N–H and O–H groups in total. The van der Waals surface area contributed by atoms with E-state index in [0.29, 0.717) is 6.42 Å². The zero-order chi connectivity index (χ0) is 22.1. The average Bonchev–Trinajstić information content (AvgIpc) is 2.97. The Morgan fingerprint density at radius 2 is 1.30 bits per heavy atom. The quantitative estimate of drug-likeness (QED) is 0.665. The first-order valence-electron chi connectivity index (χ1n) is 10.5. The summed E-state index contributed by atoms with van der Waals surface area (Å²) in [5.74, 6) is 0.229. The zero-order valence-electron chi connectivity index (χ0n) is 18.9. The summed E-state index contributed by atoms with van der Waals surface area (Å²) in [4.78, 5) is 17.0. The number of carbonyl (C=O) groups is 1. The molecule has 0 aliphatic carbocycles. The lowest BCUT2D eigenvalue weighted by Crippen LogP contribution is -2.23. The fourth-order valence-corrected chi connectivity index (χ4v) is 3.28. The van der Waals surface area contributed by atoms with Gasteiger partial charge in [-0.05, 0) is 60.0 Å². The van der Waals surface area contributed by atoms with Gasteiger partial charge in [0.05, 0.1) is 0 Å². The third kappa shape index (κ3) is 6.51. The van der Waals surface area contributed by atoms with Gasteiger partial charge in [-0.2, -0.15) is 0 Å². The second-order valence-electron chi connectivity index (χ2n) is 7.94. The van der Waals surface area contributed by atoms with Crippen LogP contribution in [0.1, 0.15) is 36.8 Å². The Labute approximate surface area is 182 Å². The van der Waals surface area contributed by atoms with Crippen LogP contribution in [0, 0.1) is 0 Å². The summed E-state index contributed by atoms with van der Waals surface area (Å²) in [7, 11) is 8.18. The van der Waals surface area contributed by atoms with Crippen LogP contribution in [0.2, 0.25) is 0 Å². The van der Waals surface area contributed by atoms with Crippen molar-refractivity contribution in [1.82, 2.24) is 4.90 Å². The van der Waals surface area contributed by atoms with Crippen LogP contribution in [-0.2, 0) is 4.79 Å². The highest BCUT2D eigenvalue weighted by Crippen LogP contribution is 2.25. The van der Waals surface area contributed by atoms with Gasteiger partial charge in [-0.1, -0.05) is 43.8 Å². The minimum absolute atomic E-state index is 0.229. The Morgan fingerprint density at radius 3 is 1.70 bits per heavy atom. The van der Waals surface area contributed by atoms with E-state index in [0.717, 1.165) is 36.1 Å². The highest BCUT2D eigenvalue weighted by Gasteiger charge is 2.12. The fraction of sp³-hybridized carbons (Fsp3) is 0.346. The Hall–Kier alpha value is -3.01. The molecule has 0 radical (unpaired) electrons. The second-order valence-corrected chi connectivity index (χ2v) is 7.94. The highest BCUT2D eigenvalue weighted by atomic mass is 16.2. The van der Waals surface area contributed by atoms with Crippen LogP contribution in [0.5, 0.6) is 0 Å². The molecule has 4 heteroatoms. The molecule has 4 nitrogen and oxygen atoms in total. The van der Waals surface area contributed by atoms with E-state index in [1.165, 1.54) is 17.8 Å². The molecule has 0 spiro atoms. The molecule has 1 heterocycles. The lowest BCUT2D eigenvalue weighted by molar-refractivity contribution is -0.128. The molecule has 2 aromatic rings. The van der Waals surface area contributed by atoms with Crippen LogP contribution in [0.25, 0.3) is 5.57 Å². The number of likely N-dealkylation sites (tertiary alicyclic amines) is 1. The molecule has 1 amide bonds. The minimum Gasteiger partial charge on any atom is -0.378 e. The van der Waals surface area contributed by atoms with Crippen molar-refractivity contribution in [3.05, 3.63) is 79.0 Å². The Morgan fingerprint density at radius 1 is 0.833 bits per heavy atom. The number of carbonyl (C=O) groups excluding carboxylic acids is 1. The van der Waals surface area contributed by atoms with Crippen molar-refractivity contribution in [2.75, 3.05) is 44.5 Å². The summed E-state index contributed by atoms with van der Waals surface area (Å²) in [6.07, 6.45) is 5.68. The molecule has 1 aliphatic rings. The molecule has 1 aliphatic heterocycles. The van der Waals surface area contributed by atoms with Crippen LogP contribution < -0.4 is 9.80 Å². The van der Waals surface area contributed by atoms with Crippen molar-refractivity contribution in [2.24, 2.45) is 0 Å². The van der Waals surface area contributed by atoms with Gasteiger partial charge >= 0.3 is 0 Å². The van der Waals surface area contributed by atoms with E-state index in [2.05, 4.69) is 71.5 Å². The summed E-state index contributed by atoms with van der Waals surface area (Å²) in [5.41, 5.74) is 5.77. The smallest absolute Gasteiger partial charge is 0.226 e. The van der Waals surface area contributed by atoms with Gasteiger partial charge in [0.1, 0.15) is 0 Å². The van der Waals surface area contributed by atoms with E-state index in [1.54, 1.807) is 11.1 Å². The lowest BCUT2D eigenvalue weighted by atomic mass is 9.99. The van der Waals surface area contributed by atoms with Crippen molar-refractivity contribution in [3.63, 3.8) is 0 Å². The topological polar surface area (TPSA) is 26.8 Å². The van der Waals surface area contributed by atoms with Gasteiger partial charge in [0, 0.05) is 52.5 Å². The number of hydrogen-bond donors (Lipinski definition) is 0. The number of rotatable bonds is 5. The van der Waals surface area contributed by atoms with Gasteiger partial charge in [-0.3, -0.25) is 4.79 Å². The van der Waals surface area contributed by atoms with Crippen LogP contribution in [-0.4, -0.2) is 45.5 Å². The van der Waals surface area contributed by atoms with Gasteiger partial charge in [-0.25, -0.2) is 0 Å². The number of amides is 1. The third-order valence-corrected chi connectivity index (χ3v) is 5.29. The van der Waals surface area contributed by atoms with Gasteiger partial charge in [-0.15, -0.1) is 0 Å². The lowest BCUT2D eigenvalue weighted by Gasteiger charge is -2.15. The van der Waals surface area contributed by atoms with Crippen molar-refractivity contribution >= 4 is 22.9 Å². The molecule has 0 atom stereocenters.